The summed E-state index contributed by atoms with van der Waals surface area (Å²) in [5, 5.41) is 0. The molecule has 1 atom stereocenters. The fraction of sp³-hybridized carbons (Fsp3) is 0.538. The van der Waals surface area contributed by atoms with Gasteiger partial charge in [0.2, 0.25) is 0 Å². The van der Waals surface area contributed by atoms with Crippen molar-refractivity contribution in [3.63, 3.8) is 0 Å². The third-order valence-corrected chi connectivity index (χ3v) is 2.71. The lowest BCUT2D eigenvalue weighted by Crippen LogP contribution is -2.32. The highest BCUT2D eigenvalue weighted by molar-refractivity contribution is 5.26. The molecule has 4 N–H and O–H groups in total. The molecule has 0 heterocycles. The first kappa shape index (κ1) is 13.1. The van der Waals surface area contributed by atoms with Crippen LogP contribution in [0.15, 0.2) is 18.2 Å². The number of hydrogen-bond acceptors (Lipinski definition) is 2. The van der Waals surface area contributed by atoms with Crippen LogP contribution in [0.25, 0.3) is 0 Å². The van der Waals surface area contributed by atoms with Gasteiger partial charge in [0.15, 0.2) is 0 Å². The Morgan fingerprint density at radius 3 is 2.50 bits per heavy atom. The number of rotatable bonds is 4. The minimum Gasteiger partial charge on any atom is -0.326 e. The maximum Gasteiger partial charge on any atom is 0.126 e. The van der Waals surface area contributed by atoms with E-state index in [1.165, 1.54) is 6.07 Å². The maximum atomic E-state index is 13.1. The molecule has 1 aromatic carbocycles. The topological polar surface area (TPSA) is 52.0 Å². The lowest BCUT2D eigenvalue weighted by molar-refractivity contribution is 0.433. The molecule has 0 radical (unpaired) electrons. The predicted octanol–water partition coefficient (Wildman–Crippen LogP) is 2.65. The molecular weight excluding hydrogens is 203 g/mol. The van der Waals surface area contributed by atoms with Gasteiger partial charge in [0, 0.05) is 11.6 Å². The van der Waals surface area contributed by atoms with Crippen molar-refractivity contribution in [2.75, 3.05) is 0 Å². The van der Waals surface area contributed by atoms with Crippen LogP contribution in [0.3, 0.4) is 0 Å². The van der Waals surface area contributed by atoms with Crippen molar-refractivity contribution in [2.45, 2.75) is 45.2 Å². The molecule has 0 saturated carbocycles. The zero-order valence-corrected chi connectivity index (χ0v) is 10.3. The smallest absolute Gasteiger partial charge is 0.126 e. The van der Waals surface area contributed by atoms with Crippen molar-refractivity contribution in [3.05, 3.63) is 35.1 Å². The van der Waals surface area contributed by atoms with Gasteiger partial charge in [-0.05, 0) is 50.8 Å². The van der Waals surface area contributed by atoms with Gasteiger partial charge >= 0.3 is 0 Å². The molecule has 1 aromatic rings. The molecule has 2 nitrogen and oxygen atoms in total. The Bertz CT molecular complexity index is 355. The van der Waals surface area contributed by atoms with Gasteiger partial charge in [0.05, 0.1) is 0 Å². The second-order valence-corrected chi connectivity index (χ2v) is 5.14. The third kappa shape index (κ3) is 3.91. The van der Waals surface area contributed by atoms with Gasteiger partial charge in [0.1, 0.15) is 5.82 Å². The van der Waals surface area contributed by atoms with Crippen molar-refractivity contribution >= 4 is 0 Å². The van der Waals surface area contributed by atoms with E-state index in [1.807, 2.05) is 19.9 Å². The van der Waals surface area contributed by atoms with Crippen LogP contribution in [0.2, 0.25) is 0 Å². The number of hydrogen-bond donors (Lipinski definition) is 2. The first-order valence-electron chi connectivity index (χ1n) is 5.60. The second kappa shape index (κ2) is 4.93. The molecule has 1 unspecified atom stereocenters. The summed E-state index contributed by atoms with van der Waals surface area (Å²) in [4.78, 5) is 0. The van der Waals surface area contributed by atoms with E-state index in [4.69, 9.17) is 11.5 Å². The summed E-state index contributed by atoms with van der Waals surface area (Å²) < 4.78 is 13.1. The van der Waals surface area contributed by atoms with E-state index in [9.17, 15) is 4.39 Å². The standard InChI is InChI=1S/C13H21FN2/c1-9-8-10(4-5-11(9)14)12(15)6-7-13(2,3)16/h4-5,8,12H,6-7,15-16H2,1-3H3. The van der Waals surface area contributed by atoms with Crippen molar-refractivity contribution < 1.29 is 4.39 Å². The summed E-state index contributed by atoms with van der Waals surface area (Å²) in [5.41, 5.74) is 13.4. The summed E-state index contributed by atoms with van der Waals surface area (Å²) in [6.07, 6.45) is 1.67. The molecule has 1 rings (SSSR count). The average Bonchev–Trinajstić information content (AvgIpc) is 2.17. The minimum absolute atomic E-state index is 0.0675. The van der Waals surface area contributed by atoms with Crippen LogP contribution in [-0.4, -0.2) is 5.54 Å². The molecule has 0 aliphatic rings. The first-order chi connectivity index (χ1) is 7.29. The highest BCUT2D eigenvalue weighted by Crippen LogP contribution is 2.21. The Kier molecular flexibility index (Phi) is 4.05. The lowest BCUT2D eigenvalue weighted by Gasteiger charge is -2.21. The van der Waals surface area contributed by atoms with E-state index in [1.54, 1.807) is 13.0 Å². The number of nitrogens with two attached hydrogens (primary N) is 2. The van der Waals surface area contributed by atoms with Crippen LogP contribution >= 0.6 is 0 Å². The first-order valence-corrected chi connectivity index (χ1v) is 5.60. The van der Waals surface area contributed by atoms with Crippen molar-refractivity contribution in [3.8, 4) is 0 Å². The molecule has 0 saturated heterocycles. The van der Waals surface area contributed by atoms with Gasteiger partial charge < -0.3 is 11.5 Å². The molecule has 0 amide bonds. The van der Waals surface area contributed by atoms with Gasteiger partial charge in [-0.25, -0.2) is 4.39 Å². The molecule has 0 spiro atoms. The molecule has 0 aliphatic carbocycles. The van der Waals surface area contributed by atoms with Gasteiger partial charge in [-0.2, -0.15) is 0 Å². The van der Waals surface area contributed by atoms with Crippen LogP contribution in [0, 0.1) is 12.7 Å². The number of aryl methyl sites for hydroxylation is 1. The summed E-state index contributed by atoms with van der Waals surface area (Å²) in [6, 6.07) is 4.96. The fourth-order valence-corrected chi connectivity index (χ4v) is 1.59. The molecular formula is C13H21FN2. The normalized spacial score (nSPS) is 13.9. The fourth-order valence-electron chi connectivity index (χ4n) is 1.59. The summed E-state index contributed by atoms with van der Waals surface area (Å²) in [5.74, 6) is -0.185. The Morgan fingerprint density at radius 2 is 2.00 bits per heavy atom. The van der Waals surface area contributed by atoms with Crippen LogP contribution < -0.4 is 11.5 Å². The highest BCUT2D eigenvalue weighted by Gasteiger charge is 2.14. The van der Waals surface area contributed by atoms with Crippen molar-refractivity contribution in [1.29, 1.82) is 0 Å². The van der Waals surface area contributed by atoms with Crippen LogP contribution in [0.5, 0.6) is 0 Å². The predicted molar refractivity (Wildman–Crippen MR) is 65.6 cm³/mol. The molecule has 3 heteroatoms. The lowest BCUT2D eigenvalue weighted by atomic mass is 9.93. The summed E-state index contributed by atoms with van der Waals surface area (Å²) in [7, 11) is 0. The highest BCUT2D eigenvalue weighted by atomic mass is 19.1. The van der Waals surface area contributed by atoms with E-state index in [-0.39, 0.29) is 17.4 Å². The average molecular weight is 224 g/mol. The molecule has 0 aromatic heterocycles. The molecule has 0 aliphatic heterocycles. The Morgan fingerprint density at radius 1 is 1.38 bits per heavy atom. The quantitative estimate of drug-likeness (QED) is 0.826. The van der Waals surface area contributed by atoms with Crippen LogP contribution in [-0.2, 0) is 0 Å². The Balaban J connectivity index is 2.66. The van der Waals surface area contributed by atoms with Crippen LogP contribution in [0.4, 0.5) is 4.39 Å². The monoisotopic (exact) mass is 224 g/mol. The largest absolute Gasteiger partial charge is 0.326 e. The maximum absolute atomic E-state index is 13.1. The Hall–Kier alpha value is -0.930. The summed E-state index contributed by atoms with van der Waals surface area (Å²) in [6.45, 7) is 5.71. The second-order valence-electron chi connectivity index (χ2n) is 5.14. The molecule has 90 valence electrons. The molecule has 0 fully saturated rings. The van der Waals surface area contributed by atoms with Crippen LogP contribution in [0.1, 0.15) is 43.9 Å². The Labute approximate surface area is 96.8 Å². The van der Waals surface area contributed by atoms with E-state index in [2.05, 4.69) is 0 Å². The van der Waals surface area contributed by atoms with E-state index < -0.39 is 0 Å². The number of benzene rings is 1. The third-order valence-electron chi connectivity index (χ3n) is 2.71. The van der Waals surface area contributed by atoms with Gasteiger partial charge in [-0.15, -0.1) is 0 Å². The van der Waals surface area contributed by atoms with Gasteiger partial charge in [-0.3, -0.25) is 0 Å². The van der Waals surface area contributed by atoms with Gasteiger partial charge in [0.25, 0.3) is 0 Å². The van der Waals surface area contributed by atoms with E-state index in [0.717, 1.165) is 18.4 Å². The van der Waals surface area contributed by atoms with E-state index in [0.29, 0.717) is 5.56 Å². The van der Waals surface area contributed by atoms with Gasteiger partial charge in [-0.1, -0.05) is 12.1 Å². The molecule has 0 bridgehead atoms. The van der Waals surface area contributed by atoms with E-state index >= 15 is 0 Å². The molecule has 16 heavy (non-hydrogen) atoms. The zero-order valence-electron chi connectivity index (χ0n) is 10.3. The van der Waals surface area contributed by atoms with Crippen molar-refractivity contribution in [2.24, 2.45) is 11.5 Å². The van der Waals surface area contributed by atoms with Crippen molar-refractivity contribution in [1.82, 2.24) is 0 Å². The zero-order chi connectivity index (χ0) is 12.3. The summed E-state index contributed by atoms with van der Waals surface area (Å²) >= 11 is 0. The SMILES string of the molecule is Cc1cc(C(N)CCC(C)(C)N)ccc1F. The minimum atomic E-state index is -0.202. The number of halogens is 1.